The first-order valence-electron chi connectivity index (χ1n) is 9.99. The quantitative estimate of drug-likeness (QED) is 0.678. The van der Waals surface area contributed by atoms with Crippen LogP contribution in [0, 0.1) is 5.92 Å². The van der Waals surface area contributed by atoms with Crippen LogP contribution in [0.15, 0.2) is 21.7 Å². The van der Waals surface area contributed by atoms with Crippen LogP contribution < -0.4 is 5.32 Å². The second-order valence-electron chi connectivity index (χ2n) is 7.53. The molecule has 30 heavy (non-hydrogen) atoms. The zero-order valence-corrected chi connectivity index (χ0v) is 19.1. The van der Waals surface area contributed by atoms with Gasteiger partial charge in [0.05, 0.1) is 18.6 Å². The van der Waals surface area contributed by atoms with Gasteiger partial charge in [-0.1, -0.05) is 6.07 Å². The summed E-state index contributed by atoms with van der Waals surface area (Å²) < 4.78 is 32.3. The maximum atomic E-state index is 13.0. The van der Waals surface area contributed by atoms with Gasteiger partial charge in [0.1, 0.15) is 9.21 Å². The van der Waals surface area contributed by atoms with Crippen LogP contribution in [0.5, 0.6) is 0 Å². The van der Waals surface area contributed by atoms with E-state index in [1.807, 2.05) is 0 Å². The predicted molar refractivity (Wildman–Crippen MR) is 117 cm³/mol. The molecule has 1 amide bonds. The van der Waals surface area contributed by atoms with Gasteiger partial charge in [-0.3, -0.25) is 4.79 Å². The van der Waals surface area contributed by atoms with Crippen molar-refractivity contribution in [2.24, 2.45) is 5.92 Å². The van der Waals surface area contributed by atoms with Gasteiger partial charge in [0.15, 0.2) is 0 Å². The topological polar surface area (TPSA) is 92.8 Å². The van der Waals surface area contributed by atoms with Gasteiger partial charge >= 0.3 is 5.97 Å². The highest BCUT2D eigenvalue weighted by molar-refractivity contribution is 7.91. The summed E-state index contributed by atoms with van der Waals surface area (Å²) in [4.78, 5) is 26.5. The number of aryl methyl sites for hydroxylation is 1. The van der Waals surface area contributed by atoms with Crippen LogP contribution in [0.3, 0.4) is 0 Å². The summed E-state index contributed by atoms with van der Waals surface area (Å²) >= 11 is 2.62. The van der Waals surface area contributed by atoms with E-state index in [2.05, 4.69) is 5.32 Å². The largest absolute Gasteiger partial charge is 0.465 e. The zero-order chi connectivity index (χ0) is 21.3. The van der Waals surface area contributed by atoms with Gasteiger partial charge in [-0.05, 0) is 55.5 Å². The molecule has 1 saturated heterocycles. The molecule has 1 atom stereocenters. The maximum Gasteiger partial charge on any atom is 0.341 e. The van der Waals surface area contributed by atoms with Crippen LogP contribution in [0.1, 0.15) is 46.5 Å². The first kappa shape index (κ1) is 21.5. The van der Waals surface area contributed by atoms with Crippen LogP contribution in [-0.2, 0) is 32.4 Å². The number of hydrogen-bond acceptors (Lipinski definition) is 7. The first-order valence-corrected chi connectivity index (χ1v) is 13.1. The number of rotatable bonds is 5. The molecule has 2 aromatic heterocycles. The lowest BCUT2D eigenvalue weighted by Gasteiger charge is -2.30. The molecule has 1 N–H and O–H groups in total. The van der Waals surface area contributed by atoms with E-state index in [1.165, 1.54) is 34.1 Å². The second kappa shape index (κ2) is 8.78. The van der Waals surface area contributed by atoms with E-state index >= 15 is 0 Å². The Kier molecular flexibility index (Phi) is 6.29. The molecule has 7 nitrogen and oxygen atoms in total. The number of piperidine rings is 1. The number of sulfonamides is 1. The summed E-state index contributed by atoms with van der Waals surface area (Å²) in [5.41, 5.74) is 1.45. The molecule has 1 aliphatic heterocycles. The third-order valence-corrected chi connectivity index (χ3v) is 10.1. The number of hydrogen-bond donors (Lipinski definition) is 1. The van der Waals surface area contributed by atoms with Gasteiger partial charge in [0, 0.05) is 18.0 Å². The SMILES string of the molecule is COC(=O)c1c(NC(=O)[C@H]2CCCN(S(=O)(=O)c3cccs3)C2)sc2c1CCCC2. The molecule has 2 aliphatic rings. The highest BCUT2D eigenvalue weighted by Crippen LogP contribution is 2.39. The van der Waals surface area contributed by atoms with E-state index in [1.54, 1.807) is 17.5 Å². The van der Waals surface area contributed by atoms with E-state index in [4.69, 9.17) is 4.74 Å². The predicted octanol–water partition coefficient (Wildman–Crippen LogP) is 3.51. The second-order valence-corrected chi connectivity index (χ2v) is 11.7. The van der Waals surface area contributed by atoms with Crippen molar-refractivity contribution >= 4 is 49.6 Å². The molecule has 0 unspecified atom stereocenters. The Balaban J connectivity index is 1.53. The third kappa shape index (κ3) is 4.05. The van der Waals surface area contributed by atoms with Crippen LogP contribution in [0.2, 0.25) is 0 Å². The van der Waals surface area contributed by atoms with Crippen LogP contribution >= 0.6 is 22.7 Å². The number of carbonyl (C=O) groups is 2. The Hall–Kier alpha value is -1.75. The summed E-state index contributed by atoms with van der Waals surface area (Å²) in [5, 5.41) is 5.17. The summed E-state index contributed by atoms with van der Waals surface area (Å²) in [7, 11) is -2.24. The lowest BCUT2D eigenvalue weighted by Crippen LogP contribution is -2.43. The fourth-order valence-corrected chi connectivity index (χ4v) is 8.05. The highest BCUT2D eigenvalue weighted by atomic mass is 32.2. The highest BCUT2D eigenvalue weighted by Gasteiger charge is 2.35. The van der Waals surface area contributed by atoms with Gasteiger partial charge in [-0.2, -0.15) is 4.31 Å². The van der Waals surface area contributed by atoms with E-state index in [0.29, 0.717) is 34.2 Å². The van der Waals surface area contributed by atoms with E-state index in [0.717, 1.165) is 36.1 Å². The normalized spacial score (nSPS) is 19.8. The number of fused-ring (bicyclic) bond motifs is 1. The molecule has 2 aromatic rings. The number of thiophene rings is 2. The van der Waals surface area contributed by atoms with Gasteiger partial charge in [-0.15, -0.1) is 22.7 Å². The van der Waals surface area contributed by atoms with Crippen molar-refractivity contribution in [1.29, 1.82) is 0 Å². The molecule has 3 heterocycles. The molecule has 0 radical (unpaired) electrons. The molecule has 10 heteroatoms. The third-order valence-electron chi connectivity index (χ3n) is 5.64. The molecule has 1 fully saturated rings. The van der Waals surface area contributed by atoms with E-state index in [9.17, 15) is 18.0 Å². The standard InChI is InChI=1S/C20H24N2O5S3/c1-27-20(24)17-14-7-2-3-8-15(14)29-19(17)21-18(23)13-6-4-10-22(12-13)30(25,26)16-9-5-11-28-16/h5,9,11,13H,2-4,6-8,10,12H2,1H3,(H,21,23)/t13-/m0/s1. The Morgan fingerprint density at radius 1 is 1.23 bits per heavy atom. The van der Waals surface area contributed by atoms with Crippen LogP contribution in [0.4, 0.5) is 5.00 Å². The molecule has 1 aliphatic carbocycles. The molecule has 0 saturated carbocycles. The Morgan fingerprint density at radius 3 is 2.77 bits per heavy atom. The minimum atomic E-state index is -3.59. The summed E-state index contributed by atoms with van der Waals surface area (Å²) in [6, 6.07) is 3.29. The lowest BCUT2D eigenvalue weighted by molar-refractivity contribution is -0.120. The minimum Gasteiger partial charge on any atom is -0.465 e. The van der Waals surface area contributed by atoms with Crippen molar-refractivity contribution in [3.8, 4) is 0 Å². The molecule has 0 aromatic carbocycles. The van der Waals surface area contributed by atoms with Gasteiger partial charge in [0.2, 0.25) is 5.91 Å². The van der Waals surface area contributed by atoms with Crippen LogP contribution in [0.25, 0.3) is 0 Å². The number of anilines is 1. The maximum absolute atomic E-state index is 13.0. The molecule has 4 rings (SSSR count). The van der Waals surface area contributed by atoms with Crippen molar-refractivity contribution in [3.63, 3.8) is 0 Å². The molecule has 0 bridgehead atoms. The number of carbonyl (C=O) groups excluding carboxylic acids is 2. The molecule has 0 spiro atoms. The number of ether oxygens (including phenoxy) is 1. The summed E-state index contributed by atoms with van der Waals surface area (Å²) in [5.74, 6) is -1.14. The number of esters is 1. The molecular weight excluding hydrogens is 444 g/mol. The minimum absolute atomic E-state index is 0.144. The monoisotopic (exact) mass is 468 g/mol. The van der Waals surface area contributed by atoms with Gasteiger partial charge in [-0.25, -0.2) is 13.2 Å². The number of nitrogens with zero attached hydrogens (tertiary/aromatic N) is 1. The van der Waals surface area contributed by atoms with Gasteiger partial charge in [0.25, 0.3) is 10.0 Å². The van der Waals surface area contributed by atoms with Crippen molar-refractivity contribution in [1.82, 2.24) is 4.31 Å². The lowest BCUT2D eigenvalue weighted by atomic mass is 9.95. The fourth-order valence-electron chi connectivity index (χ4n) is 4.10. The van der Waals surface area contributed by atoms with Gasteiger partial charge < -0.3 is 10.1 Å². The molecule has 162 valence electrons. The smallest absolute Gasteiger partial charge is 0.341 e. The van der Waals surface area contributed by atoms with Crippen molar-refractivity contribution in [2.75, 3.05) is 25.5 Å². The fraction of sp³-hybridized carbons (Fsp3) is 0.500. The Morgan fingerprint density at radius 2 is 2.03 bits per heavy atom. The number of methoxy groups -OCH3 is 1. The van der Waals surface area contributed by atoms with Crippen LogP contribution in [-0.4, -0.2) is 44.8 Å². The van der Waals surface area contributed by atoms with Crippen molar-refractivity contribution < 1.29 is 22.7 Å². The van der Waals surface area contributed by atoms with E-state index < -0.39 is 21.9 Å². The first-order chi connectivity index (χ1) is 14.4. The number of amides is 1. The average Bonchev–Trinajstić information content (AvgIpc) is 3.41. The van der Waals surface area contributed by atoms with Crippen molar-refractivity contribution in [3.05, 3.63) is 33.5 Å². The zero-order valence-electron chi connectivity index (χ0n) is 16.7. The molecular formula is C20H24N2O5S3. The average molecular weight is 469 g/mol. The Bertz CT molecular complexity index is 1040. The Labute approximate surface area is 184 Å². The van der Waals surface area contributed by atoms with E-state index in [-0.39, 0.29) is 12.5 Å². The summed E-state index contributed by atoms with van der Waals surface area (Å²) in [6.07, 6.45) is 5.02. The number of nitrogens with one attached hydrogen (secondary N) is 1. The summed E-state index contributed by atoms with van der Waals surface area (Å²) in [6.45, 7) is 0.551. The van der Waals surface area contributed by atoms with Crippen molar-refractivity contribution in [2.45, 2.75) is 42.7 Å².